The van der Waals surface area contributed by atoms with E-state index < -0.39 is 20.0 Å². The number of hydrogen-bond acceptors (Lipinski definition) is 8. The van der Waals surface area contributed by atoms with Crippen LogP contribution in [-0.4, -0.2) is 56.8 Å². The summed E-state index contributed by atoms with van der Waals surface area (Å²) in [5.41, 5.74) is 2.33. The van der Waals surface area contributed by atoms with E-state index in [4.69, 9.17) is 0 Å². The average molecular weight is 589 g/mol. The summed E-state index contributed by atoms with van der Waals surface area (Å²) in [5.74, 6) is 0. The first-order valence-corrected chi connectivity index (χ1v) is 16.9. The number of nitrogens with one attached hydrogen (secondary N) is 1. The Labute approximate surface area is 235 Å². The number of anilines is 1. The molecule has 0 bridgehead atoms. The van der Waals surface area contributed by atoms with Gasteiger partial charge in [0.1, 0.15) is 5.69 Å². The van der Waals surface area contributed by atoms with E-state index in [9.17, 15) is 26.9 Å². The Morgan fingerprint density at radius 2 is 1.02 bits per heavy atom. The van der Waals surface area contributed by atoms with Crippen molar-refractivity contribution in [3.8, 4) is 0 Å². The molecule has 2 aliphatic heterocycles. The van der Waals surface area contributed by atoms with Crippen LogP contribution in [0.1, 0.15) is 64.2 Å². The van der Waals surface area contributed by atoms with Crippen molar-refractivity contribution in [2.75, 3.05) is 31.7 Å². The quantitative estimate of drug-likeness (QED) is 0.202. The molecule has 2 N–H and O–H groups in total. The maximum absolute atomic E-state index is 13.6. The zero-order valence-electron chi connectivity index (χ0n) is 22.5. The van der Waals surface area contributed by atoms with E-state index in [0.717, 1.165) is 64.2 Å². The largest absolute Gasteiger partial charge is 0.291 e. The average Bonchev–Trinajstić information content (AvgIpc) is 2.90. The van der Waals surface area contributed by atoms with Crippen LogP contribution in [0.15, 0.2) is 51.4 Å². The second-order valence-corrected chi connectivity index (χ2v) is 14.6. The second kappa shape index (κ2) is 12.1. The summed E-state index contributed by atoms with van der Waals surface area (Å²) < 4.78 is 57.2. The van der Waals surface area contributed by atoms with Crippen LogP contribution in [0.2, 0.25) is 0 Å². The predicted octanol–water partition coefficient (Wildman–Crippen LogP) is 6.10. The Hall–Kier alpha value is -2.64. The topological polar surface area (TPSA) is 136 Å². The van der Waals surface area contributed by atoms with E-state index in [1.807, 2.05) is 0 Å². The summed E-state index contributed by atoms with van der Waals surface area (Å²) >= 11 is 0. The number of sulfonamides is 2. The number of fused-ring (bicyclic) bond motifs is 2. The molecule has 0 saturated carbocycles. The second-order valence-electron chi connectivity index (χ2n) is 10.7. The fraction of sp³-hybridized carbons (Fsp3) is 0.500. The van der Waals surface area contributed by atoms with Crippen LogP contribution in [0.3, 0.4) is 0 Å². The SMILES string of the molecule is O=Nc1c2cc(S(=O)(=O)N3CCCCCCC3)ccc2c(NO)c2cc(S(=O)(=O)N3CCCCCCC3)ccc12. The van der Waals surface area contributed by atoms with E-state index in [2.05, 4.69) is 10.7 Å². The monoisotopic (exact) mass is 588 g/mol. The van der Waals surface area contributed by atoms with Crippen molar-refractivity contribution in [1.29, 1.82) is 0 Å². The van der Waals surface area contributed by atoms with E-state index in [1.165, 1.54) is 45.0 Å². The molecule has 40 heavy (non-hydrogen) atoms. The standard InChI is InChI=1S/C28H36N4O6S2/c33-29-27-24-14-12-22(40(37,38)32-17-9-5-2-6-10-18-32)20-26(24)28(30-34)23-13-11-21(19-25(23)27)39(35,36)31-15-7-3-1-4-8-16-31/h11-14,19-20,29,33H,1-10,15-18H2. The van der Waals surface area contributed by atoms with Crippen LogP contribution in [-0.2, 0) is 20.0 Å². The summed E-state index contributed by atoms with van der Waals surface area (Å²) in [6.45, 7) is 1.76. The molecule has 2 fully saturated rings. The number of hydrogen-bond donors (Lipinski definition) is 2. The van der Waals surface area contributed by atoms with E-state index in [-0.39, 0.29) is 26.6 Å². The van der Waals surface area contributed by atoms with E-state index in [0.29, 0.717) is 42.3 Å². The number of rotatable bonds is 6. The van der Waals surface area contributed by atoms with Gasteiger partial charge in [-0.2, -0.15) is 8.61 Å². The van der Waals surface area contributed by atoms with Gasteiger partial charge in [-0.25, -0.2) is 16.8 Å². The van der Waals surface area contributed by atoms with Gasteiger partial charge in [0, 0.05) is 47.7 Å². The molecule has 12 heteroatoms. The van der Waals surface area contributed by atoms with Crippen molar-refractivity contribution in [3.05, 3.63) is 41.3 Å². The lowest BCUT2D eigenvalue weighted by molar-refractivity contribution is 0.364. The molecule has 10 nitrogen and oxygen atoms in total. The van der Waals surface area contributed by atoms with Crippen molar-refractivity contribution in [3.63, 3.8) is 0 Å². The van der Waals surface area contributed by atoms with Crippen molar-refractivity contribution in [2.24, 2.45) is 5.18 Å². The third-order valence-electron chi connectivity index (χ3n) is 8.14. The molecule has 2 heterocycles. The highest BCUT2D eigenvalue weighted by Gasteiger charge is 2.28. The minimum Gasteiger partial charge on any atom is -0.291 e. The Morgan fingerprint density at radius 3 is 1.48 bits per heavy atom. The molecule has 2 aliphatic rings. The van der Waals surface area contributed by atoms with Gasteiger partial charge in [-0.15, -0.1) is 4.91 Å². The maximum atomic E-state index is 13.6. The molecule has 0 atom stereocenters. The minimum absolute atomic E-state index is 0.0103. The lowest BCUT2D eigenvalue weighted by Crippen LogP contribution is -2.33. The van der Waals surface area contributed by atoms with Gasteiger partial charge in [0.2, 0.25) is 20.0 Å². The van der Waals surface area contributed by atoms with Crippen LogP contribution in [0.4, 0.5) is 11.4 Å². The molecule has 0 aromatic heterocycles. The molecule has 3 aromatic rings. The first-order chi connectivity index (χ1) is 19.3. The van der Waals surface area contributed by atoms with Crippen molar-refractivity contribution >= 4 is 53.0 Å². The van der Waals surface area contributed by atoms with Gasteiger partial charge in [0.05, 0.1) is 15.5 Å². The zero-order chi connectivity index (χ0) is 28.3. The first-order valence-electron chi connectivity index (χ1n) is 14.1. The normalized spacial score (nSPS) is 19.0. The first kappa shape index (κ1) is 28.9. The van der Waals surface area contributed by atoms with Crippen LogP contribution >= 0.6 is 0 Å². The van der Waals surface area contributed by atoms with Gasteiger partial charge in [0.15, 0.2) is 0 Å². The molecule has 0 unspecified atom stereocenters. The Morgan fingerprint density at radius 1 is 0.600 bits per heavy atom. The van der Waals surface area contributed by atoms with Gasteiger partial charge in [0.25, 0.3) is 0 Å². The van der Waals surface area contributed by atoms with Crippen LogP contribution in [0, 0.1) is 4.91 Å². The zero-order valence-corrected chi connectivity index (χ0v) is 24.1. The highest BCUT2D eigenvalue weighted by atomic mass is 32.2. The number of nitroso groups, excluding NO2 is 1. The van der Waals surface area contributed by atoms with Gasteiger partial charge >= 0.3 is 0 Å². The molecule has 216 valence electrons. The fourth-order valence-electron chi connectivity index (χ4n) is 5.92. The molecular formula is C28H36N4O6S2. The molecule has 2 saturated heterocycles. The Bertz CT molecular complexity index is 1610. The van der Waals surface area contributed by atoms with Crippen LogP contribution in [0.25, 0.3) is 21.5 Å². The molecule has 3 aromatic carbocycles. The molecule has 0 radical (unpaired) electrons. The van der Waals surface area contributed by atoms with E-state index >= 15 is 0 Å². The van der Waals surface area contributed by atoms with Crippen LogP contribution < -0.4 is 5.48 Å². The molecule has 5 rings (SSSR count). The molecule has 0 amide bonds. The van der Waals surface area contributed by atoms with Gasteiger partial charge in [-0.1, -0.05) is 50.7 Å². The van der Waals surface area contributed by atoms with Crippen molar-refractivity contribution < 1.29 is 22.0 Å². The van der Waals surface area contributed by atoms with Crippen LogP contribution in [0.5, 0.6) is 0 Å². The summed E-state index contributed by atoms with van der Waals surface area (Å²) in [4.78, 5) is 12.3. The van der Waals surface area contributed by atoms with E-state index in [1.54, 1.807) is 0 Å². The van der Waals surface area contributed by atoms with Gasteiger partial charge in [-0.05, 0) is 55.1 Å². The predicted molar refractivity (Wildman–Crippen MR) is 156 cm³/mol. The summed E-state index contributed by atoms with van der Waals surface area (Å²) in [5, 5.41) is 14.6. The fourth-order valence-corrected chi connectivity index (χ4v) is 9.01. The highest BCUT2D eigenvalue weighted by Crippen LogP contribution is 2.43. The smallest absolute Gasteiger partial charge is 0.243 e. The molecular weight excluding hydrogens is 552 g/mol. The Balaban J connectivity index is 1.62. The van der Waals surface area contributed by atoms with Crippen molar-refractivity contribution in [2.45, 2.75) is 74.0 Å². The lowest BCUT2D eigenvalue weighted by Gasteiger charge is -2.25. The molecule has 0 aliphatic carbocycles. The lowest BCUT2D eigenvalue weighted by atomic mass is 9.99. The number of nitrogens with zero attached hydrogens (tertiary/aromatic N) is 3. The summed E-state index contributed by atoms with van der Waals surface area (Å²) in [6, 6.07) is 8.80. The third kappa shape index (κ3) is 5.47. The highest BCUT2D eigenvalue weighted by molar-refractivity contribution is 7.89. The number of benzene rings is 3. The minimum atomic E-state index is -3.81. The summed E-state index contributed by atoms with van der Waals surface area (Å²) in [6.07, 6.45) is 9.31. The third-order valence-corrected chi connectivity index (χ3v) is 11.9. The Kier molecular flexibility index (Phi) is 8.72. The van der Waals surface area contributed by atoms with Crippen molar-refractivity contribution in [1.82, 2.24) is 8.61 Å². The summed E-state index contributed by atoms with van der Waals surface area (Å²) in [7, 11) is -7.62. The van der Waals surface area contributed by atoms with Gasteiger partial charge in [-0.3, -0.25) is 10.7 Å². The maximum Gasteiger partial charge on any atom is 0.243 e. The molecule has 0 spiro atoms. The van der Waals surface area contributed by atoms with Gasteiger partial charge < -0.3 is 0 Å².